The summed E-state index contributed by atoms with van der Waals surface area (Å²) < 4.78 is 0. The molecule has 1 rings (SSSR count). The summed E-state index contributed by atoms with van der Waals surface area (Å²) >= 11 is 1.70. The molecule has 0 aromatic heterocycles. The average molecular weight is 309 g/mol. The third-order valence-corrected chi connectivity index (χ3v) is 4.08. The monoisotopic (exact) mass is 309 g/mol. The number of benzene rings is 1. The number of hydrogen-bond donors (Lipinski definition) is 2. The highest BCUT2D eigenvalue weighted by atomic mass is 32.2. The Kier molecular flexibility index (Phi) is 6.75. The van der Waals surface area contributed by atoms with Gasteiger partial charge in [-0.15, -0.1) is 11.8 Å². The Balaban J connectivity index is 2.32. The van der Waals surface area contributed by atoms with Crippen LogP contribution < -0.4 is 5.32 Å². The van der Waals surface area contributed by atoms with Gasteiger partial charge in [-0.05, 0) is 29.7 Å². The Morgan fingerprint density at radius 1 is 1.24 bits per heavy atom. The van der Waals surface area contributed by atoms with Crippen LogP contribution in [0.3, 0.4) is 0 Å². The van der Waals surface area contributed by atoms with Gasteiger partial charge >= 0.3 is 5.97 Å². The molecule has 116 valence electrons. The zero-order valence-corrected chi connectivity index (χ0v) is 13.6. The summed E-state index contributed by atoms with van der Waals surface area (Å²) in [6, 6.07) is 9.14. The van der Waals surface area contributed by atoms with Crippen LogP contribution in [0.25, 0.3) is 0 Å². The van der Waals surface area contributed by atoms with Gasteiger partial charge in [0.15, 0.2) is 0 Å². The van der Waals surface area contributed by atoms with Gasteiger partial charge < -0.3 is 10.4 Å². The molecule has 0 aliphatic heterocycles. The van der Waals surface area contributed by atoms with E-state index in [-0.39, 0.29) is 5.91 Å². The van der Waals surface area contributed by atoms with Gasteiger partial charge in [-0.1, -0.05) is 39.0 Å². The molecular weight excluding hydrogens is 286 g/mol. The van der Waals surface area contributed by atoms with E-state index in [9.17, 15) is 9.59 Å². The van der Waals surface area contributed by atoms with Crippen LogP contribution in [0.5, 0.6) is 0 Å². The van der Waals surface area contributed by atoms with Crippen molar-refractivity contribution in [3.05, 3.63) is 30.3 Å². The van der Waals surface area contributed by atoms with Gasteiger partial charge in [-0.25, -0.2) is 4.79 Å². The van der Waals surface area contributed by atoms with Gasteiger partial charge in [0.25, 0.3) is 0 Å². The molecule has 4 nitrogen and oxygen atoms in total. The highest BCUT2D eigenvalue weighted by Gasteiger charge is 2.32. The second-order valence-electron chi connectivity index (χ2n) is 5.97. The van der Waals surface area contributed by atoms with Crippen LogP contribution in [0.15, 0.2) is 35.2 Å². The summed E-state index contributed by atoms with van der Waals surface area (Å²) in [4.78, 5) is 24.2. The standard InChI is InChI=1S/C16H23NO3S/c1-16(2,3)14(15(19)20)17-13(18)10-7-11-21-12-8-5-4-6-9-12/h4-6,8-9,14H,7,10-11H2,1-3H3,(H,17,18)(H,19,20)/t14-/m1/s1. The lowest BCUT2D eigenvalue weighted by Gasteiger charge is -2.27. The number of amides is 1. The van der Waals surface area contributed by atoms with E-state index in [2.05, 4.69) is 5.32 Å². The minimum absolute atomic E-state index is 0.203. The number of hydrogen-bond acceptors (Lipinski definition) is 3. The first kappa shape index (κ1) is 17.6. The minimum Gasteiger partial charge on any atom is -0.480 e. The van der Waals surface area contributed by atoms with E-state index in [1.807, 2.05) is 30.3 Å². The number of aliphatic carboxylic acids is 1. The molecule has 1 atom stereocenters. The van der Waals surface area contributed by atoms with E-state index in [0.29, 0.717) is 6.42 Å². The van der Waals surface area contributed by atoms with Crippen molar-refractivity contribution in [2.45, 2.75) is 44.6 Å². The molecule has 1 aromatic carbocycles. The lowest BCUT2D eigenvalue weighted by atomic mass is 9.86. The van der Waals surface area contributed by atoms with Crippen molar-refractivity contribution >= 4 is 23.6 Å². The van der Waals surface area contributed by atoms with Crippen molar-refractivity contribution in [3.8, 4) is 0 Å². The van der Waals surface area contributed by atoms with Crippen molar-refractivity contribution in [2.24, 2.45) is 5.41 Å². The topological polar surface area (TPSA) is 66.4 Å². The van der Waals surface area contributed by atoms with Gasteiger partial charge in [0.1, 0.15) is 6.04 Å². The number of thioether (sulfide) groups is 1. The summed E-state index contributed by atoms with van der Waals surface area (Å²) in [6.07, 6.45) is 1.07. The first-order valence-electron chi connectivity index (χ1n) is 7.00. The SMILES string of the molecule is CC(C)(C)[C@H](NC(=O)CCCSc1ccccc1)C(=O)O. The molecule has 0 saturated carbocycles. The van der Waals surface area contributed by atoms with E-state index in [1.54, 1.807) is 32.5 Å². The van der Waals surface area contributed by atoms with E-state index in [1.165, 1.54) is 4.90 Å². The molecule has 0 aliphatic rings. The van der Waals surface area contributed by atoms with E-state index in [4.69, 9.17) is 5.11 Å². The average Bonchev–Trinajstić information content (AvgIpc) is 2.40. The summed E-state index contributed by atoms with van der Waals surface area (Å²) in [5, 5.41) is 11.8. The molecule has 0 fully saturated rings. The zero-order chi connectivity index (χ0) is 15.9. The summed E-state index contributed by atoms with van der Waals surface area (Å²) in [5.41, 5.74) is -0.500. The minimum atomic E-state index is -0.991. The molecule has 0 bridgehead atoms. The summed E-state index contributed by atoms with van der Waals surface area (Å²) in [7, 11) is 0. The fraction of sp³-hybridized carbons (Fsp3) is 0.500. The molecule has 0 unspecified atom stereocenters. The second kappa shape index (κ2) is 8.08. The normalized spacial score (nSPS) is 12.7. The molecule has 0 aliphatic carbocycles. The van der Waals surface area contributed by atoms with Gasteiger partial charge in [0, 0.05) is 11.3 Å². The van der Waals surface area contributed by atoms with Crippen LogP contribution in [0.1, 0.15) is 33.6 Å². The summed E-state index contributed by atoms with van der Waals surface area (Å²) in [6.45, 7) is 5.41. The van der Waals surface area contributed by atoms with Gasteiger partial charge in [-0.3, -0.25) is 4.79 Å². The lowest BCUT2D eigenvalue weighted by Crippen LogP contribution is -2.49. The largest absolute Gasteiger partial charge is 0.480 e. The zero-order valence-electron chi connectivity index (χ0n) is 12.8. The van der Waals surface area contributed by atoms with Crippen LogP contribution in [0.2, 0.25) is 0 Å². The highest BCUT2D eigenvalue weighted by Crippen LogP contribution is 2.20. The van der Waals surface area contributed by atoms with Crippen LogP contribution in [0.4, 0.5) is 0 Å². The third kappa shape index (κ3) is 6.67. The van der Waals surface area contributed by atoms with E-state index in [0.717, 1.165) is 12.2 Å². The summed E-state index contributed by atoms with van der Waals surface area (Å²) in [5.74, 6) is -0.356. The van der Waals surface area contributed by atoms with Crippen molar-refractivity contribution in [2.75, 3.05) is 5.75 Å². The van der Waals surface area contributed by atoms with Crippen molar-refractivity contribution in [1.29, 1.82) is 0 Å². The number of carbonyl (C=O) groups excluding carboxylic acids is 1. The first-order valence-corrected chi connectivity index (χ1v) is 7.99. The molecule has 0 saturated heterocycles. The maximum absolute atomic E-state index is 11.8. The molecule has 5 heteroatoms. The van der Waals surface area contributed by atoms with Crippen molar-refractivity contribution < 1.29 is 14.7 Å². The van der Waals surface area contributed by atoms with E-state index < -0.39 is 17.4 Å². The van der Waals surface area contributed by atoms with Crippen LogP contribution in [-0.2, 0) is 9.59 Å². The number of nitrogens with one attached hydrogen (secondary N) is 1. The smallest absolute Gasteiger partial charge is 0.326 e. The van der Waals surface area contributed by atoms with Crippen LogP contribution >= 0.6 is 11.8 Å². The predicted molar refractivity (Wildman–Crippen MR) is 85.4 cm³/mol. The molecule has 21 heavy (non-hydrogen) atoms. The molecular formula is C16H23NO3S. The Bertz CT molecular complexity index is 468. The van der Waals surface area contributed by atoms with Crippen LogP contribution in [0, 0.1) is 5.41 Å². The van der Waals surface area contributed by atoms with Crippen LogP contribution in [-0.4, -0.2) is 28.8 Å². The van der Waals surface area contributed by atoms with Gasteiger partial charge in [-0.2, -0.15) is 0 Å². The number of carboxylic acids is 1. The Labute approximate surface area is 130 Å². The van der Waals surface area contributed by atoms with Gasteiger partial charge in [0.05, 0.1) is 0 Å². The lowest BCUT2D eigenvalue weighted by molar-refractivity contribution is -0.144. The Morgan fingerprint density at radius 3 is 2.38 bits per heavy atom. The van der Waals surface area contributed by atoms with E-state index >= 15 is 0 Å². The maximum Gasteiger partial charge on any atom is 0.326 e. The Morgan fingerprint density at radius 2 is 1.86 bits per heavy atom. The fourth-order valence-corrected chi connectivity index (χ4v) is 2.70. The Hall–Kier alpha value is -1.49. The number of rotatable bonds is 7. The molecule has 1 amide bonds. The quantitative estimate of drug-likeness (QED) is 0.600. The van der Waals surface area contributed by atoms with Gasteiger partial charge in [0.2, 0.25) is 5.91 Å². The molecule has 0 radical (unpaired) electrons. The number of carboxylic acid groups (broad SMARTS) is 1. The predicted octanol–water partition coefficient (Wildman–Crippen LogP) is 3.17. The molecule has 1 aromatic rings. The highest BCUT2D eigenvalue weighted by molar-refractivity contribution is 7.99. The maximum atomic E-state index is 11.8. The molecule has 0 spiro atoms. The fourth-order valence-electron chi connectivity index (χ4n) is 1.82. The van der Waals surface area contributed by atoms with Crippen molar-refractivity contribution in [3.63, 3.8) is 0 Å². The third-order valence-electron chi connectivity index (χ3n) is 2.98. The first-order chi connectivity index (χ1) is 9.80. The second-order valence-corrected chi connectivity index (χ2v) is 7.14. The number of carbonyl (C=O) groups is 2. The van der Waals surface area contributed by atoms with Crippen molar-refractivity contribution in [1.82, 2.24) is 5.32 Å². The molecule has 0 heterocycles. The molecule has 2 N–H and O–H groups in total.